The Labute approximate surface area is 275 Å². The Morgan fingerprint density at radius 1 is 0.267 bits per heavy atom. The molecular formula is C35H40O5Si5. The minimum Gasteiger partial charge on any atom is -0.413 e. The molecule has 1 heterocycles. The second-order valence-electron chi connectivity index (χ2n) is 11.6. The third-order valence-corrected chi connectivity index (χ3v) is 24.1. The van der Waals surface area contributed by atoms with Crippen LogP contribution in [0.4, 0.5) is 0 Å². The lowest BCUT2D eigenvalue weighted by molar-refractivity contribution is 0.309. The second kappa shape index (κ2) is 14.6. The van der Waals surface area contributed by atoms with Gasteiger partial charge in [-0.1, -0.05) is 121 Å². The van der Waals surface area contributed by atoms with E-state index >= 15 is 0 Å². The van der Waals surface area contributed by atoms with Crippen LogP contribution in [0.2, 0.25) is 0 Å². The van der Waals surface area contributed by atoms with Gasteiger partial charge in [0, 0.05) is 0 Å². The summed E-state index contributed by atoms with van der Waals surface area (Å²) in [6, 6.07) is 42.3. The molecule has 5 nitrogen and oxygen atoms in total. The van der Waals surface area contributed by atoms with Crippen molar-refractivity contribution in [3.8, 4) is 0 Å². The maximum atomic E-state index is 7.27. The zero-order valence-electron chi connectivity index (χ0n) is 26.5. The van der Waals surface area contributed by atoms with Crippen LogP contribution in [0.25, 0.3) is 0 Å². The van der Waals surface area contributed by atoms with Gasteiger partial charge in [0.15, 0.2) is 0 Å². The molecule has 0 amide bonds. The first-order valence-corrected chi connectivity index (χ1v) is 23.0. The lowest BCUT2D eigenvalue weighted by Crippen LogP contribution is -2.62. The van der Waals surface area contributed by atoms with E-state index < -0.39 is 46.4 Å². The fourth-order valence-corrected chi connectivity index (χ4v) is 23.9. The largest absolute Gasteiger partial charge is 0.413 e. The van der Waals surface area contributed by atoms with Crippen molar-refractivity contribution in [2.75, 3.05) is 0 Å². The molecule has 1 saturated heterocycles. The SMILES string of the molecule is Cc1ccccc1[SiH]1O[SiH](c2ccccc2C)O[SiH](c2ccccc2C)O[SiH](c2ccccc2C)O[SiH](c2ccccc2C)O1. The predicted octanol–water partition coefficient (Wildman–Crippen LogP) is 2.26. The van der Waals surface area contributed by atoms with Crippen LogP contribution in [-0.2, 0) is 20.6 Å². The monoisotopic (exact) mass is 680 g/mol. The van der Waals surface area contributed by atoms with Crippen molar-refractivity contribution in [1.29, 1.82) is 0 Å². The maximum Gasteiger partial charge on any atom is 0.338 e. The summed E-state index contributed by atoms with van der Waals surface area (Å²) in [5, 5.41) is 5.66. The van der Waals surface area contributed by atoms with E-state index in [1.807, 2.05) is 0 Å². The molecule has 1 aliphatic heterocycles. The summed E-state index contributed by atoms with van der Waals surface area (Å²) in [5.41, 5.74) is 5.82. The maximum absolute atomic E-state index is 7.27. The summed E-state index contributed by atoms with van der Waals surface area (Å²) in [6.07, 6.45) is 0. The van der Waals surface area contributed by atoms with Crippen LogP contribution in [0, 0.1) is 34.6 Å². The van der Waals surface area contributed by atoms with Crippen LogP contribution in [0.5, 0.6) is 0 Å². The smallest absolute Gasteiger partial charge is 0.338 e. The molecule has 0 aromatic heterocycles. The Balaban J connectivity index is 1.56. The highest BCUT2D eigenvalue weighted by molar-refractivity contribution is 6.88. The molecule has 0 spiro atoms. The van der Waals surface area contributed by atoms with Gasteiger partial charge in [-0.2, -0.15) is 0 Å². The van der Waals surface area contributed by atoms with Gasteiger partial charge in [-0.05, 0) is 88.4 Å². The summed E-state index contributed by atoms with van der Waals surface area (Å²) in [7, 11) is -12.7. The molecule has 6 rings (SSSR count). The van der Waals surface area contributed by atoms with Crippen molar-refractivity contribution >= 4 is 72.4 Å². The molecule has 1 fully saturated rings. The summed E-state index contributed by atoms with van der Waals surface area (Å²) in [4.78, 5) is 0. The molecule has 0 aliphatic carbocycles. The summed E-state index contributed by atoms with van der Waals surface area (Å²) < 4.78 is 36.3. The van der Waals surface area contributed by atoms with E-state index in [9.17, 15) is 0 Å². The van der Waals surface area contributed by atoms with Crippen LogP contribution < -0.4 is 25.9 Å². The number of hydrogen-bond donors (Lipinski definition) is 0. The Kier molecular flexibility index (Phi) is 10.4. The number of rotatable bonds is 5. The van der Waals surface area contributed by atoms with Gasteiger partial charge in [-0.15, -0.1) is 0 Å². The third-order valence-electron chi connectivity index (χ3n) is 8.45. The van der Waals surface area contributed by atoms with Gasteiger partial charge in [0.2, 0.25) is 0 Å². The lowest BCUT2D eigenvalue weighted by atomic mass is 10.2. The topological polar surface area (TPSA) is 46.2 Å². The number of hydrogen-bond acceptors (Lipinski definition) is 5. The summed E-state index contributed by atoms with van der Waals surface area (Å²) in [6.45, 7) is 10.7. The molecule has 0 unspecified atom stereocenters. The first-order chi connectivity index (χ1) is 21.9. The fourth-order valence-electron chi connectivity index (χ4n) is 5.71. The van der Waals surface area contributed by atoms with E-state index in [1.54, 1.807) is 0 Å². The van der Waals surface area contributed by atoms with E-state index in [2.05, 4.69) is 156 Å². The molecule has 45 heavy (non-hydrogen) atoms. The van der Waals surface area contributed by atoms with Gasteiger partial charge in [0.1, 0.15) is 0 Å². The minimum absolute atomic E-state index is 1.13. The second-order valence-corrected chi connectivity index (χ2v) is 23.5. The Hall–Kier alpha value is -3.02. The molecule has 230 valence electrons. The van der Waals surface area contributed by atoms with Crippen molar-refractivity contribution in [2.24, 2.45) is 0 Å². The molecule has 0 radical (unpaired) electrons. The van der Waals surface area contributed by atoms with Gasteiger partial charge in [-0.3, -0.25) is 0 Å². The van der Waals surface area contributed by atoms with Gasteiger partial charge < -0.3 is 20.6 Å². The van der Waals surface area contributed by atoms with Crippen LogP contribution in [-0.4, -0.2) is 46.4 Å². The Morgan fingerprint density at radius 2 is 0.422 bits per heavy atom. The highest BCUT2D eigenvalue weighted by Crippen LogP contribution is 2.15. The lowest BCUT2D eigenvalue weighted by Gasteiger charge is -2.36. The Morgan fingerprint density at radius 3 is 0.578 bits per heavy atom. The van der Waals surface area contributed by atoms with Gasteiger partial charge in [-0.25, -0.2) is 0 Å². The molecule has 0 saturated carbocycles. The molecule has 0 N–H and O–H groups in total. The molecule has 10 heteroatoms. The highest BCUT2D eigenvalue weighted by Gasteiger charge is 2.40. The van der Waals surface area contributed by atoms with Crippen molar-refractivity contribution < 1.29 is 20.6 Å². The van der Waals surface area contributed by atoms with Gasteiger partial charge in [0.25, 0.3) is 0 Å². The normalized spacial score (nSPS) is 22.6. The van der Waals surface area contributed by atoms with E-state index in [4.69, 9.17) is 20.6 Å². The fraction of sp³-hybridized carbons (Fsp3) is 0.143. The van der Waals surface area contributed by atoms with Crippen LogP contribution in [0.1, 0.15) is 27.8 Å². The molecule has 5 aromatic rings. The van der Waals surface area contributed by atoms with Crippen molar-refractivity contribution in [2.45, 2.75) is 34.6 Å². The first-order valence-electron chi connectivity index (χ1n) is 15.4. The standard InChI is InChI=1S/C35H40O5Si5/c1-26-16-6-11-21-31(26)41-36-42(32-22-12-7-17-27(32)2)38-44(34-24-14-9-19-29(34)4)40-45(35-25-15-10-20-30(35)5)39-43(37-41)33-23-13-8-18-28(33)3/h6-25,41-45H,1-5H3. The predicted molar refractivity (Wildman–Crippen MR) is 195 cm³/mol. The minimum atomic E-state index is -2.55. The van der Waals surface area contributed by atoms with Crippen molar-refractivity contribution in [3.05, 3.63) is 149 Å². The average molecular weight is 681 g/mol. The van der Waals surface area contributed by atoms with E-state index in [0.717, 1.165) is 53.8 Å². The third kappa shape index (κ3) is 7.36. The summed E-state index contributed by atoms with van der Waals surface area (Å²) in [5.74, 6) is 0. The average Bonchev–Trinajstić information content (AvgIpc) is 3.04. The number of aryl methyl sites for hydroxylation is 5. The van der Waals surface area contributed by atoms with E-state index in [1.165, 1.54) is 0 Å². The summed E-state index contributed by atoms with van der Waals surface area (Å²) >= 11 is 0. The van der Waals surface area contributed by atoms with Crippen molar-refractivity contribution in [3.63, 3.8) is 0 Å². The zero-order chi connectivity index (χ0) is 31.3. The van der Waals surface area contributed by atoms with Crippen LogP contribution in [0.3, 0.4) is 0 Å². The van der Waals surface area contributed by atoms with Gasteiger partial charge >= 0.3 is 46.4 Å². The molecule has 1 aliphatic rings. The van der Waals surface area contributed by atoms with E-state index in [0.29, 0.717) is 0 Å². The molecule has 5 aromatic carbocycles. The first kappa shape index (κ1) is 31.9. The van der Waals surface area contributed by atoms with Crippen molar-refractivity contribution in [1.82, 2.24) is 0 Å². The van der Waals surface area contributed by atoms with Crippen LogP contribution in [0.15, 0.2) is 121 Å². The Bertz CT molecular complexity index is 1460. The quantitative estimate of drug-likeness (QED) is 0.267. The molecular weight excluding hydrogens is 641 g/mol. The molecule has 0 atom stereocenters. The van der Waals surface area contributed by atoms with Gasteiger partial charge in [0.05, 0.1) is 0 Å². The highest BCUT2D eigenvalue weighted by atomic mass is 28.5. The van der Waals surface area contributed by atoms with Crippen LogP contribution >= 0.6 is 0 Å². The van der Waals surface area contributed by atoms with E-state index in [-0.39, 0.29) is 0 Å². The zero-order valence-corrected chi connectivity index (χ0v) is 32.2. The number of benzene rings is 5. The molecule has 0 bridgehead atoms.